The first-order valence-corrected chi connectivity index (χ1v) is 10.9. The Morgan fingerprint density at radius 1 is 1.26 bits per heavy atom. The second-order valence-corrected chi connectivity index (χ2v) is 8.81. The highest BCUT2D eigenvalue weighted by molar-refractivity contribution is 6.08. The molecule has 2 aromatic rings. The first-order chi connectivity index (χ1) is 15.0. The van der Waals surface area contributed by atoms with Crippen LogP contribution in [0.3, 0.4) is 0 Å². The molecule has 2 unspecified atom stereocenters. The van der Waals surface area contributed by atoms with Gasteiger partial charge in [0.1, 0.15) is 6.10 Å². The fourth-order valence-corrected chi connectivity index (χ4v) is 4.76. The minimum absolute atomic E-state index is 0.0305. The molecule has 1 fully saturated rings. The molecule has 0 bridgehead atoms. The van der Waals surface area contributed by atoms with Crippen LogP contribution < -0.4 is 5.73 Å². The number of hydrogen-bond acceptors (Lipinski definition) is 4. The Morgan fingerprint density at radius 3 is 2.74 bits per heavy atom. The number of methoxy groups -OCH3 is 1. The number of fused-ring (bicyclic) bond motifs is 2. The lowest BCUT2D eigenvalue weighted by atomic mass is 9.84. The van der Waals surface area contributed by atoms with Gasteiger partial charge in [-0.2, -0.15) is 0 Å². The van der Waals surface area contributed by atoms with Crippen LogP contribution in [0.5, 0.6) is 0 Å². The van der Waals surface area contributed by atoms with Gasteiger partial charge >= 0.3 is 0 Å². The van der Waals surface area contributed by atoms with E-state index in [-0.39, 0.29) is 23.9 Å². The summed E-state index contributed by atoms with van der Waals surface area (Å²) in [6.07, 6.45) is 2.90. The lowest BCUT2D eigenvalue weighted by molar-refractivity contribution is -0.134. The van der Waals surface area contributed by atoms with E-state index < -0.39 is 5.54 Å². The van der Waals surface area contributed by atoms with Crippen molar-refractivity contribution in [1.29, 1.82) is 0 Å². The minimum Gasteiger partial charge on any atom is -0.375 e. The maximum absolute atomic E-state index is 13.8. The Morgan fingerprint density at radius 2 is 2.03 bits per heavy atom. The molecule has 1 heterocycles. The largest absolute Gasteiger partial charge is 0.375 e. The first-order valence-electron chi connectivity index (χ1n) is 10.9. The van der Waals surface area contributed by atoms with Gasteiger partial charge < -0.3 is 10.5 Å². The molecule has 158 valence electrons. The third-order valence-electron chi connectivity index (χ3n) is 6.70. The van der Waals surface area contributed by atoms with Gasteiger partial charge in [-0.05, 0) is 54.0 Å². The standard InChI is InChI=1S/C26H27N3O2/c1-17-14-21-13-12-19(11-10-18-8-9-18)15-22(21)26(17)24(30)29(25(27)28-26)16-23(31-2)20-6-4-3-5-7-20/h3-7,12-13,15,17-18,23H,8-9,14,16H2,1-2H3,(H2,27,28)/t17?,23-,26?/m0/s1. The smallest absolute Gasteiger partial charge is 0.262 e. The summed E-state index contributed by atoms with van der Waals surface area (Å²) in [7, 11) is 1.65. The summed E-state index contributed by atoms with van der Waals surface area (Å²) < 4.78 is 5.70. The van der Waals surface area contributed by atoms with Gasteiger partial charge in [-0.25, -0.2) is 4.99 Å². The van der Waals surface area contributed by atoms with Crippen molar-refractivity contribution < 1.29 is 9.53 Å². The van der Waals surface area contributed by atoms with E-state index in [0.717, 1.165) is 28.7 Å². The summed E-state index contributed by atoms with van der Waals surface area (Å²) in [4.78, 5) is 20.2. The van der Waals surface area contributed by atoms with Crippen LogP contribution in [-0.4, -0.2) is 30.4 Å². The summed E-state index contributed by atoms with van der Waals surface area (Å²) in [5, 5.41) is 0. The van der Waals surface area contributed by atoms with Gasteiger partial charge in [0, 0.05) is 18.6 Å². The molecule has 5 heteroatoms. The zero-order valence-corrected chi connectivity index (χ0v) is 18.0. The number of carbonyl (C=O) groups excluding carboxylic acids is 1. The van der Waals surface area contributed by atoms with Crippen LogP contribution in [0, 0.1) is 23.7 Å². The number of rotatable bonds is 4. The number of ether oxygens (including phenoxy) is 1. The molecule has 1 spiro atoms. The monoisotopic (exact) mass is 413 g/mol. The number of hydrogen-bond donors (Lipinski definition) is 1. The second kappa shape index (κ2) is 7.55. The topological polar surface area (TPSA) is 67.9 Å². The van der Waals surface area contributed by atoms with Crippen molar-refractivity contribution >= 4 is 11.9 Å². The molecular weight excluding hydrogens is 386 g/mol. The fraction of sp³-hybridized carbons (Fsp3) is 0.385. The number of amides is 1. The van der Waals surface area contributed by atoms with Gasteiger partial charge in [0.15, 0.2) is 11.5 Å². The molecule has 1 amide bonds. The van der Waals surface area contributed by atoms with Crippen molar-refractivity contribution in [3.63, 3.8) is 0 Å². The maximum atomic E-state index is 13.8. The molecule has 0 saturated heterocycles. The van der Waals surface area contributed by atoms with Crippen molar-refractivity contribution in [2.75, 3.05) is 13.7 Å². The Labute approximate surface area is 183 Å². The van der Waals surface area contributed by atoms with Gasteiger partial charge in [-0.3, -0.25) is 9.69 Å². The number of aliphatic imine (C=N–C) groups is 1. The quantitative estimate of drug-likeness (QED) is 0.782. The Bertz CT molecular complexity index is 1110. The average Bonchev–Trinajstić information content (AvgIpc) is 3.53. The summed E-state index contributed by atoms with van der Waals surface area (Å²) in [6.45, 7) is 2.42. The van der Waals surface area contributed by atoms with E-state index in [1.165, 1.54) is 12.8 Å². The SMILES string of the molecule is CO[C@@H](CN1C(=O)C2(N=C1N)c1cc(C#CC3CC3)ccc1CC2C)c1ccccc1. The van der Waals surface area contributed by atoms with Crippen molar-refractivity contribution in [3.05, 3.63) is 70.8 Å². The van der Waals surface area contributed by atoms with Crippen LogP contribution in [0.1, 0.15) is 48.1 Å². The molecule has 1 saturated carbocycles. The number of nitrogens with two attached hydrogens (primary N) is 1. The van der Waals surface area contributed by atoms with Crippen LogP contribution in [0.15, 0.2) is 53.5 Å². The zero-order valence-electron chi connectivity index (χ0n) is 18.0. The Kier molecular flexibility index (Phi) is 4.83. The van der Waals surface area contributed by atoms with Crippen molar-refractivity contribution in [2.24, 2.45) is 22.6 Å². The molecule has 3 atom stereocenters. The summed E-state index contributed by atoms with van der Waals surface area (Å²) in [5.74, 6) is 7.35. The van der Waals surface area contributed by atoms with Gasteiger partial charge in [0.2, 0.25) is 0 Å². The summed E-state index contributed by atoms with van der Waals surface area (Å²) >= 11 is 0. The fourth-order valence-electron chi connectivity index (χ4n) is 4.76. The highest BCUT2D eigenvalue weighted by Gasteiger charge is 2.57. The number of guanidine groups is 1. The van der Waals surface area contributed by atoms with Gasteiger partial charge in [-0.15, -0.1) is 0 Å². The van der Waals surface area contributed by atoms with Crippen LogP contribution in [-0.2, 0) is 21.5 Å². The molecule has 5 rings (SSSR count). The second-order valence-electron chi connectivity index (χ2n) is 8.81. The molecule has 3 aliphatic rings. The summed E-state index contributed by atoms with van der Waals surface area (Å²) in [5.41, 5.74) is 9.43. The van der Waals surface area contributed by atoms with Crippen molar-refractivity contribution in [2.45, 2.75) is 37.8 Å². The minimum atomic E-state index is -0.967. The number of benzene rings is 2. The van der Waals surface area contributed by atoms with Gasteiger partial charge in [-0.1, -0.05) is 55.2 Å². The molecule has 0 aromatic heterocycles. The zero-order chi connectivity index (χ0) is 21.6. The maximum Gasteiger partial charge on any atom is 0.262 e. The lowest BCUT2D eigenvalue weighted by Crippen LogP contribution is -2.46. The third kappa shape index (κ3) is 3.32. The van der Waals surface area contributed by atoms with E-state index in [1.54, 1.807) is 12.0 Å². The lowest BCUT2D eigenvalue weighted by Gasteiger charge is -2.28. The Balaban J connectivity index is 1.48. The van der Waals surface area contributed by atoms with E-state index in [9.17, 15) is 4.79 Å². The van der Waals surface area contributed by atoms with Gasteiger partial charge in [0.25, 0.3) is 5.91 Å². The molecule has 5 nitrogen and oxygen atoms in total. The molecule has 2 N–H and O–H groups in total. The average molecular weight is 414 g/mol. The van der Waals surface area contributed by atoms with Crippen LogP contribution >= 0.6 is 0 Å². The van der Waals surface area contributed by atoms with E-state index in [0.29, 0.717) is 12.5 Å². The van der Waals surface area contributed by atoms with Crippen molar-refractivity contribution in [3.8, 4) is 11.8 Å². The third-order valence-corrected chi connectivity index (χ3v) is 6.70. The normalized spacial score (nSPS) is 25.2. The van der Waals surface area contributed by atoms with E-state index in [2.05, 4.69) is 37.0 Å². The predicted molar refractivity (Wildman–Crippen MR) is 120 cm³/mol. The van der Waals surface area contributed by atoms with Gasteiger partial charge in [0.05, 0.1) is 6.54 Å². The number of carbonyl (C=O) groups is 1. The molecule has 2 aromatic carbocycles. The molecule has 1 aliphatic heterocycles. The highest BCUT2D eigenvalue weighted by Crippen LogP contribution is 2.48. The molecular formula is C26H27N3O2. The molecule has 31 heavy (non-hydrogen) atoms. The Hall–Kier alpha value is -3.10. The van der Waals surface area contributed by atoms with Crippen molar-refractivity contribution in [1.82, 2.24) is 4.90 Å². The molecule has 2 aliphatic carbocycles. The van der Waals surface area contributed by atoms with E-state index in [1.807, 2.05) is 30.3 Å². The van der Waals surface area contributed by atoms with Crippen LogP contribution in [0.4, 0.5) is 0 Å². The highest BCUT2D eigenvalue weighted by atomic mass is 16.5. The van der Waals surface area contributed by atoms with E-state index >= 15 is 0 Å². The van der Waals surface area contributed by atoms with E-state index in [4.69, 9.17) is 15.5 Å². The van der Waals surface area contributed by atoms with Crippen LogP contribution in [0.2, 0.25) is 0 Å². The predicted octanol–water partition coefficient (Wildman–Crippen LogP) is 3.38. The summed E-state index contributed by atoms with van der Waals surface area (Å²) in [6, 6.07) is 16.1. The first kappa shape index (κ1) is 19.8. The molecule has 0 radical (unpaired) electrons. The number of nitrogens with zero attached hydrogens (tertiary/aromatic N) is 2. The van der Waals surface area contributed by atoms with Crippen LogP contribution in [0.25, 0.3) is 0 Å².